The number of methoxy groups -OCH3 is 4. The highest BCUT2D eigenvalue weighted by Crippen LogP contribution is 2.30. The van der Waals surface area contributed by atoms with Crippen LogP contribution in [-0.4, -0.2) is 73.6 Å². The Balaban J connectivity index is 0.000000241. The first-order valence-corrected chi connectivity index (χ1v) is 18.8. The number of nitrogens with one attached hydrogen (secondary N) is 3. The van der Waals surface area contributed by atoms with E-state index in [-0.39, 0.29) is 28.6 Å². The van der Waals surface area contributed by atoms with Gasteiger partial charge in [0.1, 0.15) is 5.69 Å². The molecule has 0 bridgehead atoms. The predicted molar refractivity (Wildman–Crippen MR) is 228 cm³/mol. The minimum absolute atomic E-state index is 0.0914. The van der Waals surface area contributed by atoms with Crippen LogP contribution in [0, 0.1) is 0 Å². The van der Waals surface area contributed by atoms with E-state index in [1.807, 2.05) is 62.4 Å². The first-order chi connectivity index (χ1) is 28.2. The van der Waals surface area contributed by atoms with Gasteiger partial charge in [-0.1, -0.05) is 52.0 Å². The standard InChI is InChI=1S/C26H27N5O4.C19H24N2O3/c1-26(2,16-28-24(33)20-15-31-13-5-12-27-25(31)30-20)18-7-9-19(10-8-18)29-23(32)17-6-11-21(34-3)22(14-17)35-4;1-19(2,12-20)14-6-8-15(9-7-14)21-18(22)13-5-10-16(23-3)17(11-13)24-4/h5-15H,16H2,1-4H3,(H,28,33)(H,29,32);5-11H,12,20H2,1-4H3,(H,21,22). The Morgan fingerprint density at radius 3 is 1.56 bits per heavy atom. The van der Waals surface area contributed by atoms with Crippen LogP contribution in [0.25, 0.3) is 5.78 Å². The highest BCUT2D eigenvalue weighted by Gasteiger charge is 2.23. The number of fused-ring (bicyclic) bond motifs is 1. The van der Waals surface area contributed by atoms with Gasteiger partial charge in [0.2, 0.25) is 5.78 Å². The Bertz CT molecular complexity index is 2360. The van der Waals surface area contributed by atoms with Crippen molar-refractivity contribution in [1.29, 1.82) is 0 Å². The molecule has 0 spiro atoms. The smallest absolute Gasteiger partial charge is 0.271 e. The normalized spacial score (nSPS) is 11.1. The van der Waals surface area contributed by atoms with Gasteiger partial charge >= 0.3 is 0 Å². The second-order valence-electron chi connectivity index (χ2n) is 14.8. The number of carbonyl (C=O) groups excluding carboxylic acids is 3. The summed E-state index contributed by atoms with van der Waals surface area (Å²) in [5, 5.41) is 8.72. The van der Waals surface area contributed by atoms with Crippen molar-refractivity contribution < 1.29 is 33.3 Å². The average molecular weight is 802 g/mol. The molecule has 0 unspecified atom stereocenters. The van der Waals surface area contributed by atoms with E-state index in [4.69, 9.17) is 24.7 Å². The number of benzene rings is 4. The summed E-state index contributed by atoms with van der Waals surface area (Å²) in [6.45, 7) is 9.22. The number of imidazole rings is 1. The van der Waals surface area contributed by atoms with Crippen molar-refractivity contribution in [2.24, 2.45) is 5.73 Å². The van der Waals surface area contributed by atoms with Crippen molar-refractivity contribution in [2.45, 2.75) is 38.5 Å². The lowest BCUT2D eigenvalue weighted by atomic mass is 9.84. The van der Waals surface area contributed by atoms with Crippen molar-refractivity contribution >= 4 is 34.9 Å². The first kappa shape index (κ1) is 43.2. The average Bonchev–Trinajstić information content (AvgIpc) is 3.70. The number of anilines is 2. The largest absolute Gasteiger partial charge is 0.493 e. The monoisotopic (exact) mass is 801 g/mol. The number of hydrogen-bond acceptors (Lipinski definition) is 10. The minimum Gasteiger partial charge on any atom is -0.493 e. The van der Waals surface area contributed by atoms with Crippen LogP contribution in [0.3, 0.4) is 0 Å². The van der Waals surface area contributed by atoms with Crippen molar-refractivity contribution in [3.8, 4) is 23.0 Å². The summed E-state index contributed by atoms with van der Waals surface area (Å²) in [6, 6.07) is 27.1. The van der Waals surface area contributed by atoms with Crippen molar-refractivity contribution in [1.82, 2.24) is 19.7 Å². The van der Waals surface area contributed by atoms with Crippen LogP contribution in [-0.2, 0) is 10.8 Å². The van der Waals surface area contributed by atoms with Gasteiger partial charge in [0.25, 0.3) is 17.7 Å². The summed E-state index contributed by atoms with van der Waals surface area (Å²) < 4.78 is 22.6. The summed E-state index contributed by atoms with van der Waals surface area (Å²) in [5.41, 5.74) is 10.2. The summed E-state index contributed by atoms with van der Waals surface area (Å²) >= 11 is 0. The summed E-state index contributed by atoms with van der Waals surface area (Å²) in [7, 11) is 6.17. The number of rotatable bonds is 14. The maximum absolute atomic E-state index is 12.7. The maximum Gasteiger partial charge on any atom is 0.271 e. The Labute approximate surface area is 344 Å². The summed E-state index contributed by atoms with van der Waals surface area (Å²) in [4.78, 5) is 46.1. The van der Waals surface area contributed by atoms with Gasteiger partial charge in [-0.3, -0.25) is 18.8 Å². The molecule has 0 radical (unpaired) electrons. The van der Waals surface area contributed by atoms with E-state index >= 15 is 0 Å². The summed E-state index contributed by atoms with van der Waals surface area (Å²) in [6.07, 6.45) is 5.08. The fourth-order valence-electron chi connectivity index (χ4n) is 5.92. The van der Waals surface area contributed by atoms with Crippen LogP contribution in [0.5, 0.6) is 23.0 Å². The van der Waals surface area contributed by atoms with Gasteiger partial charge < -0.3 is 40.6 Å². The van der Waals surface area contributed by atoms with Crippen molar-refractivity contribution in [3.63, 3.8) is 0 Å². The van der Waals surface area contributed by atoms with E-state index in [0.717, 1.165) is 16.8 Å². The molecular formula is C45H51N7O7. The second kappa shape index (κ2) is 19.0. The fraction of sp³-hybridized carbons (Fsp3) is 0.267. The predicted octanol–water partition coefficient (Wildman–Crippen LogP) is 6.90. The quantitative estimate of drug-likeness (QED) is 0.0905. The molecule has 3 amide bonds. The van der Waals surface area contributed by atoms with E-state index in [1.165, 1.54) is 14.2 Å². The molecule has 0 saturated heterocycles. The van der Waals surface area contributed by atoms with Gasteiger partial charge in [0, 0.05) is 65.0 Å². The number of nitrogens with zero attached hydrogens (tertiary/aromatic N) is 3. The molecule has 5 N–H and O–H groups in total. The van der Waals surface area contributed by atoms with Crippen LogP contribution < -0.4 is 40.6 Å². The molecule has 14 heteroatoms. The Morgan fingerprint density at radius 2 is 1.12 bits per heavy atom. The second-order valence-corrected chi connectivity index (χ2v) is 14.8. The van der Waals surface area contributed by atoms with E-state index < -0.39 is 0 Å². The molecule has 14 nitrogen and oxygen atoms in total. The van der Waals surface area contributed by atoms with Gasteiger partial charge in [-0.05, 0) is 77.9 Å². The van der Waals surface area contributed by atoms with Gasteiger partial charge in [-0.2, -0.15) is 0 Å². The van der Waals surface area contributed by atoms with Crippen LogP contribution in [0.1, 0.15) is 70.0 Å². The van der Waals surface area contributed by atoms with E-state index in [2.05, 4.69) is 39.8 Å². The number of aromatic nitrogens is 3. The molecule has 4 aromatic carbocycles. The van der Waals surface area contributed by atoms with E-state index in [9.17, 15) is 14.4 Å². The molecule has 0 aliphatic rings. The number of carbonyl (C=O) groups is 3. The van der Waals surface area contributed by atoms with Crippen LogP contribution in [0.15, 0.2) is 110 Å². The molecule has 6 aromatic rings. The van der Waals surface area contributed by atoms with Crippen LogP contribution >= 0.6 is 0 Å². The van der Waals surface area contributed by atoms with Crippen LogP contribution in [0.4, 0.5) is 11.4 Å². The molecule has 0 aliphatic heterocycles. The van der Waals surface area contributed by atoms with Crippen molar-refractivity contribution in [3.05, 3.63) is 138 Å². The van der Waals surface area contributed by atoms with Gasteiger partial charge in [-0.25, -0.2) is 9.97 Å². The number of hydrogen-bond donors (Lipinski definition) is 4. The Morgan fingerprint density at radius 1 is 0.644 bits per heavy atom. The molecule has 308 valence electrons. The van der Waals surface area contributed by atoms with Gasteiger partial charge in [0.15, 0.2) is 23.0 Å². The topological polar surface area (TPSA) is 180 Å². The zero-order valence-electron chi connectivity index (χ0n) is 34.6. The molecule has 0 aliphatic carbocycles. The number of nitrogens with two attached hydrogens (primary N) is 1. The Hall–Kier alpha value is -6.93. The SMILES string of the molecule is COc1ccc(C(=O)Nc2ccc(C(C)(C)CN)cc2)cc1OC.COc1ccc(C(=O)Nc2ccc(C(C)(C)CNC(=O)c3cn4cccnc4n3)cc2)cc1OC. The molecule has 0 fully saturated rings. The van der Waals surface area contributed by atoms with Gasteiger partial charge in [-0.15, -0.1) is 0 Å². The van der Waals surface area contributed by atoms with Crippen molar-refractivity contribution in [2.75, 3.05) is 52.2 Å². The lowest BCUT2D eigenvalue weighted by Crippen LogP contribution is -2.36. The zero-order chi connectivity index (χ0) is 42.7. The molecule has 2 aromatic heterocycles. The fourth-order valence-corrected chi connectivity index (χ4v) is 5.92. The summed E-state index contributed by atoms with van der Waals surface area (Å²) in [5.74, 6) is 1.89. The molecule has 0 saturated carbocycles. The van der Waals surface area contributed by atoms with Crippen LogP contribution in [0.2, 0.25) is 0 Å². The maximum atomic E-state index is 12.7. The number of amides is 3. The van der Waals surface area contributed by atoms with E-state index in [1.54, 1.807) is 79.7 Å². The van der Waals surface area contributed by atoms with E-state index in [0.29, 0.717) is 64.4 Å². The molecule has 0 atom stereocenters. The zero-order valence-corrected chi connectivity index (χ0v) is 34.6. The Kier molecular flexibility index (Phi) is 13.9. The third-order valence-electron chi connectivity index (χ3n) is 9.81. The van der Waals surface area contributed by atoms with Gasteiger partial charge in [0.05, 0.1) is 28.4 Å². The lowest BCUT2D eigenvalue weighted by molar-refractivity contribution is 0.0940. The third kappa shape index (κ3) is 10.7. The highest BCUT2D eigenvalue weighted by molar-refractivity contribution is 6.05. The first-order valence-electron chi connectivity index (χ1n) is 18.8. The lowest BCUT2D eigenvalue weighted by Gasteiger charge is -2.25. The minimum atomic E-state index is -0.348. The molecule has 2 heterocycles. The third-order valence-corrected chi connectivity index (χ3v) is 9.81. The molecule has 59 heavy (non-hydrogen) atoms. The number of ether oxygens (including phenoxy) is 4. The molecule has 6 rings (SSSR count). The highest BCUT2D eigenvalue weighted by atomic mass is 16.5. The molecular weight excluding hydrogens is 751 g/mol.